The smallest absolute Gasteiger partial charge is 0.266 e. The van der Waals surface area contributed by atoms with Gasteiger partial charge in [-0.2, -0.15) is 0 Å². The maximum Gasteiger partial charge on any atom is 0.266 e. The summed E-state index contributed by atoms with van der Waals surface area (Å²) in [4.78, 5) is 26.9. The summed E-state index contributed by atoms with van der Waals surface area (Å²) in [6, 6.07) is 13.6. The van der Waals surface area contributed by atoms with Crippen LogP contribution in [0.4, 0.5) is 10.1 Å². The lowest BCUT2D eigenvalue weighted by Gasteiger charge is -2.18. The summed E-state index contributed by atoms with van der Waals surface area (Å²) in [6.07, 6.45) is 1.92. The van der Waals surface area contributed by atoms with Gasteiger partial charge in [-0.15, -0.1) is 0 Å². The van der Waals surface area contributed by atoms with Gasteiger partial charge in [0.1, 0.15) is 10.1 Å². The van der Waals surface area contributed by atoms with Crippen LogP contribution in [0.15, 0.2) is 53.4 Å². The number of hydrogen-bond acceptors (Lipinski definition) is 4. The van der Waals surface area contributed by atoms with Crippen LogP contribution in [0.2, 0.25) is 0 Å². The Labute approximate surface area is 185 Å². The van der Waals surface area contributed by atoms with Gasteiger partial charge in [0.25, 0.3) is 5.91 Å². The molecule has 0 aliphatic carbocycles. The molecule has 4 nitrogen and oxygen atoms in total. The van der Waals surface area contributed by atoms with Crippen LogP contribution in [0, 0.1) is 5.82 Å². The molecule has 1 aliphatic heterocycles. The van der Waals surface area contributed by atoms with Gasteiger partial charge in [-0.3, -0.25) is 14.5 Å². The Bertz CT molecular complexity index is 993. The molecule has 7 heteroatoms. The van der Waals surface area contributed by atoms with Crippen molar-refractivity contribution in [1.29, 1.82) is 0 Å². The summed E-state index contributed by atoms with van der Waals surface area (Å²) in [5, 5.41) is 2.68. The van der Waals surface area contributed by atoms with Gasteiger partial charge >= 0.3 is 0 Å². The zero-order valence-corrected chi connectivity index (χ0v) is 18.7. The van der Waals surface area contributed by atoms with Gasteiger partial charge in [0.2, 0.25) is 5.91 Å². The van der Waals surface area contributed by atoms with Gasteiger partial charge in [0.15, 0.2) is 0 Å². The van der Waals surface area contributed by atoms with E-state index in [1.54, 1.807) is 0 Å². The second kappa shape index (κ2) is 9.10. The molecule has 0 spiro atoms. The average Bonchev–Trinajstić information content (AvgIpc) is 2.94. The van der Waals surface area contributed by atoms with Crippen molar-refractivity contribution in [1.82, 2.24) is 4.90 Å². The van der Waals surface area contributed by atoms with E-state index >= 15 is 0 Å². The summed E-state index contributed by atoms with van der Waals surface area (Å²) in [7, 11) is 0. The largest absolute Gasteiger partial charge is 0.326 e. The molecule has 1 heterocycles. The summed E-state index contributed by atoms with van der Waals surface area (Å²) in [5.74, 6) is -0.831. The SMILES string of the molecule is CC(C)(C)c1ccc(/C=C2\SC(=S)N(CCC(=O)Nc3ccc(F)cc3)C2=O)cc1. The first kappa shape index (κ1) is 22.2. The van der Waals surface area contributed by atoms with Crippen LogP contribution in [0.3, 0.4) is 0 Å². The third-order valence-electron chi connectivity index (χ3n) is 4.64. The van der Waals surface area contributed by atoms with Crippen molar-refractivity contribution in [2.24, 2.45) is 0 Å². The van der Waals surface area contributed by atoms with Crippen molar-refractivity contribution in [2.75, 3.05) is 11.9 Å². The number of halogens is 1. The first-order chi connectivity index (χ1) is 14.1. The van der Waals surface area contributed by atoms with E-state index in [1.807, 2.05) is 18.2 Å². The number of carbonyl (C=O) groups excluding carboxylic acids is 2. The summed E-state index contributed by atoms with van der Waals surface area (Å²) in [6.45, 7) is 6.65. The summed E-state index contributed by atoms with van der Waals surface area (Å²) >= 11 is 6.57. The molecule has 1 N–H and O–H groups in total. The van der Waals surface area contributed by atoms with E-state index in [9.17, 15) is 14.0 Å². The second-order valence-corrected chi connectivity index (χ2v) is 9.69. The van der Waals surface area contributed by atoms with Crippen LogP contribution in [0.25, 0.3) is 6.08 Å². The number of nitrogens with zero attached hydrogens (tertiary/aromatic N) is 1. The predicted molar refractivity (Wildman–Crippen MR) is 125 cm³/mol. The zero-order chi connectivity index (χ0) is 21.9. The van der Waals surface area contributed by atoms with Crippen molar-refractivity contribution in [3.05, 3.63) is 70.4 Å². The van der Waals surface area contributed by atoms with E-state index in [0.717, 1.165) is 5.56 Å². The Hall–Kier alpha value is -2.51. The van der Waals surface area contributed by atoms with Gasteiger partial charge in [-0.25, -0.2) is 4.39 Å². The molecule has 1 fully saturated rings. The minimum Gasteiger partial charge on any atom is -0.326 e. The van der Waals surface area contributed by atoms with Crippen LogP contribution in [0.1, 0.15) is 38.3 Å². The van der Waals surface area contributed by atoms with Crippen molar-refractivity contribution in [3.63, 3.8) is 0 Å². The van der Waals surface area contributed by atoms with Crippen LogP contribution >= 0.6 is 24.0 Å². The quantitative estimate of drug-likeness (QED) is 0.501. The number of nitrogens with one attached hydrogen (secondary N) is 1. The molecule has 30 heavy (non-hydrogen) atoms. The molecule has 2 amide bonds. The van der Waals surface area contributed by atoms with Crippen LogP contribution in [-0.2, 0) is 15.0 Å². The molecule has 0 radical (unpaired) electrons. The van der Waals surface area contributed by atoms with E-state index in [4.69, 9.17) is 12.2 Å². The number of amides is 2. The fraction of sp³-hybridized carbons (Fsp3) is 0.261. The molecule has 2 aromatic carbocycles. The molecule has 3 rings (SSSR count). The Balaban J connectivity index is 1.60. The van der Waals surface area contributed by atoms with Crippen molar-refractivity contribution < 1.29 is 14.0 Å². The van der Waals surface area contributed by atoms with Crippen LogP contribution < -0.4 is 5.32 Å². The molecule has 1 saturated heterocycles. The number of hydrogen-bond donors (Lipinski definition) is 1. The van der Waals surface area contributed by atoms with E-state index < -0.39 is 0 Å². The maximum absolute atomic E-state index is 12.9. The minimum absolute atomic E-state index is 0.0659. The molecule has 1 aliphatic rings. The summed E-state index contributed by atoms with van der Waals surface area (Å²) in [5.41, 5.74) is 2.72. The summed E-state index contributed by atoms with van der Waals surface area (Å²) < 4.78 is 13.4. The third-order valence-corrected chi connectivity index (χ3v) is 6.02. The number of thiocarbonyl (C=S) groups is 1. The van der Waals surface area contributed by atoms with E-state index in [1.165, 1.54) is 46.5 Å². The van der Waals surface area contributed by atoms with E-state index in [2.05, 4.69) is 38.2 Å². The third kappa shape index (κ3) is 5.55. The molecule has 0 bridgehead atoms. The second-order valence-electron chi connectivity index (χ2n) is 8.01. The lowest BCUT2D eigenvalue weighted by molar-refractivity contribution is -0.122. The lowest BCUT2D eigenvalue weighted by atomic mass is 9.87. The van der Waals surface area contributed by atoms with Crippen molar-refractivity contribution in [3.8, 4) is 0 Å². The van der Waals surface area contributed by atoms with Crippen molar-refractivity contribution >= 4 is 51.9 Å². The average molecular weight is 443 g/mol. The molecule has 2 aromatic rings. The Morgan fingerprint density at radius 2 is 1.77 bits per heavy atom. The number of rotatable bonds is 5. The van der Waals surface area contributed by atoms with Crippen LogP contribution in [-0.4, -0.2) is 27.6 Å². The molecule has 0 aromatic heterocycles. The Morgan fingerprint density at radius 1 is 1.13 bits per heavy atom. The highest BCUT2D eigenvalue weighted by Gasteiger charge is 2.32. The van der Waals surface area contributed by atoms with Crippen molar-refractivity contribution in [2.45, 2.75) is 32.6 Å². The number of anilines is 1. The Morgan fingerprint density at radius 3 is 2.37 bits per heavy atom. The van der Waals surface area contributed by atoms with Gasteiger partial charge in [0.05, 0.1) is 4.91 Å². The Kier molecular flexibility index (Phi) is 6.73. The normalized spacial score (nSPS) is 15.7. The molecule has 0 unspecified atom stereocenters. The molecular formula is C23H23FN2O2S2. The minimum atomic E-state index is -0.370. The standard InChI is InChI=1S/C23H23FN2O2S2/c1-23(2,3)16-6-4-15(5-7-16)14-19-21(28)26(22(29)30-19)13-12-20(27)25-18-10-8-17(24)9-11-18/h4-11,14H,12-13H2,1-3H3,(H,25,27)/b19-14-. The van der Waals surface area contributed by atoms with Gasteiger partial charge in [0, 0.05) is 18.7 Å². The van der Waals surface area contributed by atoms with Gasteiger partial charge in [-0.1, -0.05) is 69.0 Å². The molecule has 156 valence electrons. The topological polar surface area (TPSA) is 49.4 Å². The van der Waals surface area contributed by atoms with E-state index in [-0.39, 0.29) is 36.0 Å². The van der Waals surface area contributed by atoms with E-state index in [0.29, 0.717) is 14.9 Å². The number of thioether (sulfide) groups is 1. The fourth-order valence-corrected chi connectivity index (χ4v) is 4.20. The number of benzene rings is 2. The first-order valence-corrected chi connectivity index (χ1v) is 10.8. The highest BCUT2D eigenvalue weighted by Crippen LogP contribution is 2.33. The molecule has 0 saturated carbocycles. The monoisotopic (exact) mass is 442 g/mol. The molecule has 0 atom stereocenters. The van der Waals surface area contributed by atoms with Gasteiger partial charge in [-0.05, 0) is 46.9 Å². The first-order valence-electron chi connectivity index (χ1n) is 9.55. The zero-order valence-electron chi connectivity index (χ0n) is 17.1. The highest BCUT2D eigenvalue weighted by molar-refractivity contribution is 8.26. The highest BCUT2D eigenvalue weighted by atomic mass is 32.2. The number of carbonyl (C=O) groups is 2. The molecular weight excluding hydrogens is 419 g/mol. The lowest BCUT2D eigenvalue weighted by Crippen LogP contribution is -2.31. The van der Waals surface area contributed by atoms with Gasteiger partial charge < -0.3 is 5.32 Å². The van der Waals surface area contributed by atoms with Crippen LogP contribution in [0.5, 0.6) is 0 Å². The maximum atomic E-state index is 12.9. The fourth-order valence-electron chi connectivity index (χ4n) is 2.89. The predicted octanol–water partition coefficient (Wildman–Crippen LogP) is 5.35.